The van der Waals surface area contributed by atoms with Crippen LogP contribution in [0.3, 0.4) is 0 Å². The Morgan fingerprint density at radius 1 is 0.288 bits per heavy atom. The lowest BCUT2D eigenvalue weighted by molar-refractivity contribution is 0.420. The lowest BCUT2D eigenvalue weighted by atomic mass is 10.3. The number of rotatable bonds is 0. The Hall–Kier alpha value is -17.6. The zero-order valence-corrected chi connectivity index (χ0v) is 77.9. The summed E-state index contributed by atoms with van der Waals surface area (Å²) in [6.07, 6.45) is 70.3. The van der Waals surface area contributed by atoms with E-state index in [2.05, 4.69) is 230 Å². The number of para-hydroxylation sites is 5. The summed E-state index contributed by atoms with van der Waals surface area (Å²) in [5.41, 5.74) is 7.02. The minimum absolute atomic E-state index is 0. The van der Waals surface area contributed by atoms with E-state index in [4.69, 9.17) is 0 Å². The molecule has 26 aromatic rings. The van der Waals surface area contributed by atoms with Crippen molar-refractivity contribution in [1.82, 2.24) is 129 Å². The molecule has 0 atom stereocenters. The van der Waals surface area contributed by atoms with E-state index in [0.717, 1.165) is 28.6 Å². The van der Waals surface area contributed by atoms with Gasteiger partial charge in [-0.05, 0) is 195 Å². The summed E-state index contributed by atoms with van der Waals surface area (Å²) in [5, 5.41) is 26.5. The maximum atomic E-state index is 4.58. The molecule has 0 spiro atoms. The van der Waals surface area contributed by atoms with Crippen LogP contribution in [0.5, 0.6) is 0 Å². The fourth-order valence-electron chi connectivity index (χ4n) is 8.34. The maximum Gasteiger partial charge on any atom is 0.180 e. The Labute approximate surface area is 831 Å². The van der Waals surface area contributed by atoms with E-state index in [9.17, 15) is 0 Å². The third kappa shape index (κ3) is 67.3. The van der Waals surface area contributed by atoms with E-state index in [1.165, 1.54) is 79.8 Å². The molecule has 0 saturated carbocycles. The molecule has 0 amide bonds. The highest BCUT2D eigenvalue weighted by Gasteiger charge is 1.93. The summed E-state index contributed by atoms with van der Waals surface area (Å²) in [7, 11) is 0. The van der Waals surface area contributed by atoms with Crippen LogP contribution in [0.25, 0.3) is 52.5 Å². The van der Waals surface area contributed by atoms with Gasteiger partial charge in [0.25, 0.3) is 0 Å². The molecule has 6 N–H and O–H groups in total. The SMILES string of the molecule is C.C.C.C1=NC=NC1.c1c[nH]cn1.c1c[nH]cn1.c1cc2sccc2s1.c1cc[nH]c1.c1ccc2[nH]ccc2c1.c1ccc2[nH]cnc2c1.c1ccc2nccnc2c1.c1ccc2sccc2c1.c1ccncc1.c1ccncc1.c1ccoc1.c1ccsc1.c1cn[nH]c1.c1cnccn1.c1cncnc1.c1cncnc1.c1cncnc1.c1cnoc1.c1cnsc1.c1cocn1.c1cscn1. The van der Waals surface area contributed by atoms with Gasteiger partial charge in [0.15, 0.2) is 6.39 Å². The van der Waals surface area contributed by atoms with Crippen molar-refractivity contribution < 1.29 is 13.4 Å². The van der Waals surface area contributed by atoms with Gasteiger partial charge < -0.3 is 38.3 Å². The highest BCUT2D eigenvalue weighted by atomic mass is 32.1. The van der Waals surface area contributed by atoms with Crippen LogP contribution in [-0.2, 0) is 0 Å². The van der Waals surface area contributed by atoms with E-state index >= 15 is 0 Å². The zero-order chi connectivity index (χ0) is 94.9. The predicted octanol–water partition coefficient (Wildman–Crippen LogP) is 26.2. The average molecular weight is 1970 g/mol. The lowest BCUT2D eigenvalue weighted by Gasteiger charge is -1.90. The van der Waals surface area contributed by atoms with Crippen molar-refractivity contribution in [3.63, 3.8) is 0 Å². The number of aromatic amines is 6. The molecule has 1 aliphatic heterocycles. The summed E-state index contributed by atoms with van der Waals surface area (Å²) < 4.78 is 21.3. The van der Waals surface area contributed by atoms with E-state index in [1.807, 2.05) is 186 Å². The number of thiazole rings is 1. The first kappa shape index (κ1) is 116. The fourth-order valence-corrected chi connectivity index (χ4v) is 12.1. The molecule has 0 aliphatic carbocycles. The van der Waals surface area contributed by atoms with Crippen LogP contribution >= 0.6 is 68.2 Å². The van der Waals surface area contributed by atoms with E-state index in [1.54, 1.807) is 292 Å². The number of fused-ring (bicyclic) bond motifs is 5. The van der Waals surface area contributed by atoms with Crippen LogP contribution in [0.15, 0.2) is 546 Å². The molecule has 37 heteroatoms. The van der Waals surface area contributed by atoms with Gasteiger partial charge in [0, 0.05) is 204 Å². The van der Waals surface area contributed by atoms with Crippen molar-refractivity contribution in [2.75, 3.05) is 6.54 Å². The van der Waals surface area contributed by atoms with E-state index in [0.29, 0.717) is 0 Å². The van der Waals surface area contributed by atoms with Crippen molar-refractivity contribution in [2.45, 2.75) is 22.3 Å². The zero-order valence-electron chi connectivity index (χ0n) is 73.0. The van der Waals surface area contributed by atoms with Gasteiger partial charge in [0.2, 0.25) is 0 Å². The van der Waals surface area contributed by atoms with Crippen molar-refractivity contribution in [3.8, 4) is 0 Å². The third-order valence-electron chi connectivity index (χ3n) is 14.0. The summed E-state index contributed by atoms with van der Waals surface area (Å²) in [5.74, 6) is 0. The molecule has 0 saturated heterocycles. The molecule has 0 unspecified atom stereocenters. The lowest BCUT2D eigenvalue weighted by Crippen LogP contribution is -1.78. The molecule has 0 fully saturated rings. The maximum absolute atomic E-state index is 4.58. The van der Waals surface area contributed by atoms with Crippen LogP contribution in [0.1, 0.15) is 22.3 Å². The van der Waals surface area contributed by atoms with Crippen molar-refractivity contribution in [1.29, 1.82) is 0 Å². The monoisotopic (exact) mass is 1960 g/mol. The van der Waals surface area contributed by atoms with Crippen LogP contribution in [0.2, 0.25) is 0 Å². The Morgan fingerprint density at radius 2 is 0.842 bits per heavy atom. The van der Waals surface area contributed by atoms with Crippen LogP contribution in [0.4, 0.5) is 0 Å². The number of imidazole rings is 3. The number of pyridine rings is 2. The van der Waals surface area contributed by atoms with Gasteiger partial charge in [0.05, 0.1) is 78.0 Å². The number of nitrogens with one attached hydrogen (secondary N) is 6. The third-order valence-corrected chi connectivity index (χ3v) is 18.5. The average Bonchev–Trinajstić information content (AvgIpc) is 1.62. The van der Waals surface area contributed by atoms with Crippen molar-refractivity contribution in [2.24, 2.45) is 9.98 Å². The number of aliphatic imine (C=N–C) groups is 2. The van der Waals surface area contributed by atoms with Gasteiger partial charge in [-0.1, -0.05) is 112 Å². The van der Waals surface area contributed by atoms with E-state index < -0.39 is 0 Å². The van der Waals surface area contributed by atoms with Crippen LogP contribution in [0, 0.1) is 0 Å². The highest BCUT2D eigenvalue weighted by Crippen LogP contribution is 2.25. The summed E-state index contributed by atoms with van der Waals surface area (Å²) in [6, 6.07) is 74.7. The minimum atomic E-state index is 0. The van der Waals surface area contributed by atoms with Gasteiger partial charge in [-0.3, -0.25) is 45.0 Å². The number of aromatic nitrogens is 26. The number of hydrogen-bond donors (Lipinski definition) is 6. The topological polar surface area (TPSA) is 417 Å². The molecular weight excluding hydrogens is 1860 g/mol. The Balaban J connectivity index is 0.000000376. The fraction of sp³-hybridized carbons (Fsp3) is 0.0392. The normalized spacial score (nSPS) is 8.89. The van der Waals surface area contributed by atoms with Crippen molar-refractivity contribution >= 4 is 133 Å². The van der Waals surface area contributed by atoms with E-state index in [-0.39, 0.29) is 22.3 Å². The molecule has 710 valence electrons. The number of H-pyrrole nitrogens is 6. The molecule has 0 bridgehead atoms. The molecule has 1 aliphatic rings. The second-order valence-electron chi connectivity index (χ2n) is 23.5. The molecule has 0 radical (unpaired) electrons. The number of nitrogens with zero attached hydrogens (tertiary/aromatic N) is 22. The summed E-state index contributed by atoms with van der Waals surface area (Å²) in [4.78, 5) is 85.9. The first-order valence-electron chi connectivity index (χ1n) is 40.4. The second-order valence-corrected chi connectivity index (χ2v) is 28.6. The largest absolute Gasteiger partial charge is 0.473 e. The molecule has 4 aromatic carbocycles. The Morgan fingerprint density at radius 3 is 1.15 bits per heavy atom. The summed E-state index contributed by atoms with van der Waals surface area (Å²) in [6.45, 7) is 0.778. The predicted molar refractivity (Wildman–Crippen MR) is 571 cm³/mol. The number of hydrogen-bond acceptors (Lipinski definition) is 31. The molecule has 27 rings (SSSR count). The Bertz CT molecular complexity index is 5170. The molecule has 139 heavy (non-hydrogen) atoms. The van der Waals surface area contributed by atoms with Gasteiger partial charge in [0.1, 0.15) is 37.8 Å². The first-order chi connectivity index (χ1) is 67.8. The standard InChI is InChI=1S/C8H6N2.C8H7N.C8H6S.C7H6N2.C6H4S2.2C5H5N.4C4H4N2.C4H5N.C4H4O.C4H4S.4C3H4N2.2C3H3NO.2C3H3NS.3CH4/c1-2-4-8-7(3-1)9-5-6-10-8;2*1-2-4-8-7(3-1)5-6-9-8;1-2-4-7-6(3-1)8-5-9-7;1-3-7-6-2-4-8-5(1)6;2*1-2-4-6-5-3-1;1-2-6-4-3-5-1;3*1-2-5-4-6-3-1;3*1-2-4-5-3-1;3*1-2-5-3-4-1;1-2-4-5-3-1;1-2-5-3-4-1;1-2-4-5-3-1;1-2-5-3-4-1;1-2-4-5-3-1;;;/h1-6H;1-6,9H;1-6H;1-5H,(H,8,9);1-4H;2*1-5H;4*1-4H;1-5H;2*1-4H;1,3H,2H2;3*1-3H,(H,4,5);4*1-3H;3*1H4. The Kier molecular flexibility index (Phi) is 74.5. The number of oxazole rings is 1. The van der Waals surface area contributed by atoms with Gasteiger partial charge in [-0.25, -0.2) is 59.2 Å². The number of furan rings is 1. The van der Waals surface area contributed by atoms with Crippen LogP contribution in [-0.4, -0.2) is 148 Å². The second kappa shape index (κ2) is 89.6. The highest BCUT2D eigenvalue weighted by molar-refractivity contribution is 7.25. The van der Waals surface area contributed by atoms with Gasteiger partial charge in [-0.15, -0.1) is 45.3 Å². The molecule has 31 nitrogen and oxygen atoms in total. The van der Waals surface area contributed by atoms with Gasteiger partial charge >= 0.3 is 0 Å². The van der Waals surface area contributed by atoms with Crippen LogP contribution < -0.4 is 0 Å². The molecule has 23 heterocycles. The molecular formula is C102H108N28O3S6. The minimum Gasteiger partial charge on any atom is -0.473 e. The smallest absolute Gasteiger partial charge is 0.180 e. The number of thiophene rings is 4. The number of benzene rings is 4. The molecule has 22 aromatic heterocycles. The summed E-state index contributed by atoms with van der Waals surface area (Å²) >= 11 is 10.2. The first-order valence-corrected chi connectivity index (χ1v) is 45.7. The van der Waals surface area contributed by atoms with Crippen molar-refractivity contribution in [3.05, 3.63) is 523 Å². The quantitative estimate of drug-likeness (QED) is 0.0821. The van der Waals surface area contributed by atoms with Gasteiger partial charge in [-0.2, -0.15) is 16.4 Å².